The lowest BCUT2D eigenvalue weighted by Gasteiger charge is -2.16. The lowest BCUT2D eigenvalue weighted by atomic mass is 9.93. The van der Waals surface area contributed by atoms with Gasteiger partial charge in [0.05, 0.1) is 12.5 Å². The van der Waals surface area contributed by atoms with Gasteiger partial charge in [-0.15, -0.1) is 0 Å². The van der Waals surface area contributed by atoms with Crippen LogP contribution < -0.4 is 0 Å². The molecular formula is C52H104O2. The number of esters is 1. The quantitative estimate of drug-likeness (QED) is 0.0456. The van der Waals surface area contributed by atoms with Gasteiger partial charge in [-0.1, -0.05) is 285 Å². The monoisotopic (exact) mass is 761 g/mol. The highest BCUT2D eigenvalue weighted by molar-refractivity contribution is 5.72. The molecule has 0 fully saturated rings. The first-order valence-electron chi connectivity index (χ1n) is 25.6. The Morgan fingerprint density at radius 3 is 0.833 bits per heavy atom. The molecule has 324 valence electrons. The number of rotatable bonds is 46. The molecule has 1 atom stereocenters. The van der Waals surface area contributed by atoms with E-state index in [1.165, 1.54) is 250 Å². The van der Waals surface area contributed by atoms with Gasteiger partial charge in [0.15, 0.2) is 0 Å². The summed E-state index contributed by atoms with van der Waals surface area (Å²) in [6.45, 7) is 12.2. The fraction of sp³-hybridized carbons (Fsp3) is 0.981. The molecule has 0 heterocycles. The summed E-state index contributed by atoms with van der Waals surface area (Å²) in [5, 5.41) is 0. The van der Waals surface area contributed by atoms with E-state index < -0.39 is 0 Å². The summed E-state index contributed by atoms with van der Waals surface area (Å²) >= 11 is 0. The van der Waals surface area contributed by atoms with Crippen molar-refractivity contribution in [2.45, 2.75) is 304 Å². The maximum absolute atomic E-state index is 12.9. The van der Waals surface area contributed by atoms with E-state index in [9.17, 15) is 4.79 Å². The van der Waals surface area contributed by atoms with Gasteiger partial charge in [0, 0.05) is 0 Å². The molecule has 0 saturated heterocycles. The van der Waals surface area contributed by atoms with Crippen molar-refractivity contribution in [3.63, 3.8) is 0 Å². The van der Waals surface area contributed by atoms with Crippen LogP contribution in [-0.2, 0) is 9.53 Å². The molecule has 0 N–H and O–H groups in total. The summed E-state index contributed by atoms with van der Waals surface area (Å²) in [7, 11) is 0. The predicted octanol–water partition coefficient (Wildman–Crippen LogP) is 18.9. The topological polar surface area (TPSA) is 26.3 Å². The van der Waals surface area contributed by atoms with Crippen molar-refractivity contribution < 1.29 is 9.53 Å². The molecule has 2 heteroatoms. The highest BCUT2D eigenvalue weighted by Gasteiger charge is 2.19. The van der Waals surface area contributed by atoms with Gasteiger partial charge in [-0.2, -0.15) is 0 Å². The molecule has 0 aliphatic rings. The van der Waals surface area contributed by atoms with E-state index in [0.717, 1.165) is 31.1 Å². The van der Waals surface area contributed by atoms with Gasteiger partial charge < -0.3 is 4.74 Å². The van der Waals surface area contributed by atoms with Gasteiger partial charge >= 0.3 is 5.97 Å². The molecule has 0 aromatic heterocycles. The normalized spacial score (nSPS) is 12.4. The second-order valence-corrected chi connectivity index (χ2v) is 18.9. The Morgan fingerprint density at radius 1 is 0.315 bits per heavy atom. The lowest BCUT2D eigenvalue weighted by molar-refractivity contribution is -0.149. The average Bonchev–Trinajstić information content (AvgIpc) is 3.15. The maximum atomic E-state index is 12.9. The Hall–Kier alpha value is -0.530. The van der Waals surface area contributed by atoms with Crippen molar-refractivity contribution >= 4 is 5.97 Å². The fourth-order valence-corrected chi connectivity index (χ4v) is 8.39. The first kappa shape index (κ1) is 53.5. The second-order valence-electron chi connectivity index (χ2n) is 18.9. The van der Waals surface area contributed by atoms with Crippen molar-refractivity contribution in [1.82, 2.24) is 0 Å². The van der Waals surface area contributed by atoms with Crippen LogP contribution in [0.4, 0.5) is 0 Å². The van der Waals surface area contributed by atoms with E-state index in [4.69, 9.17) is 4.74 Å². The molecule has 0 bridgehead atoms. The Balaban J connectivity index is 3.45. The van der Waals surface area contributed by atoms with Crippen LogP contribution in [0.3, 0.4) is 0 Å². The summed E-state index contributed by atoms with van der Waals surface area (Å²) < 4.78 is 5.82. The molecule has 0 rings (SSSR count). The fourth-order valence-electron chi connectivity index (χ4n) is 8.39. The second kappa shape index (κ2) is 45.2. The van der Waals surface area contributed by atoms with Crippen molar-refractivity contribution in [2.75, 3.05) is 6.61 Å². The predicted molar refractivity (Wildman–Crippen MR) is 244 cm³/mol. The molecule has 2 nitrogen and oxygen atoms in total. The number of ether oxygens (including phenoxy) is 1. The zero-order valence-electron chi connectivity index (χ0n) is 38.5. The van der Waals surface area contributed by atoms with Crippen molar-refractivity contribution in [1.29, 1.82) is 0 Å². The SMILES string of the molecule is CCCCCCCCCCCCCCCCCCCCCCCCCCCCCCCCCCOC(=O)C(CCCCCCC(C)C)CCCCC(C)C. The molecule has 0 aromatic carbocycles. The first-order chi connectivity index (χ1) is 26.5. The molecule has 54 heavy (non-hydrogen) atoms. The summed E-state index contributed by atoms with van der Waals surface area (Å²) in [5.74, 6) is 1.80. The minimum absolute atomic E-state index is 0.0995. The number of unbranched alkanes of at least 4 members (excludes halogenated alkanes) is 35. The third-order valence-electron chi connectivity index (χ3n) is 12.2. The van der Waals surface area contributed by atoms with Crippen LogP contribution in [0.1, 0.15) is 304 Å². The number of carbonyl (C=O) groups is 1. The molecule has 0 radical (unpaired) electrons. The third-order valence-corrected chi connectivity index (χ3v) is 12.2. The van der Waals surface area contributed by atoms with Crippen LogP contribution in [0.5, 0.6) is 0 Å². The highest BCUT2D eigenvalue weighted by atomic mass is 16.5. The minimum atomic E-state index is 0.0995. The Morgan fingerprint density at radius 2 is 0.537 bits per heavy atom. The lowest BCUT2D eigenvalue weighted by Crippen LogP contribution is -2.18. The van der Waals surface area contributed by atoms with E-state index in [-0.39, 0.29) is 11.9 Å². The maximum Gasteiger partial charge on any atom is 0.308 e. The molecule has 0 spiro atoms. The van der Waals surface area contributed by atoms with Crippen LogP contribution in [0.15, 0.2) is 0 Å². The van der Waals surface area contributed by atoms with Gasteiger partial charge in [0.2, 0.25) is 0 Å². The first-order valence-corrected chi connectivity index (χ1v) is 25.6. The van der Waals surface area contributed by atoms with Crippen molar-refractivity contribution in [2.24, 2.45) is 17.8 Å². The van der Waals surface area contributed by atoms with E-state index in [1.807, 2.05) is 0 Å². The van der Waals surface area contributed by atoms with Gasteiger partial charge in [-0.25, -0.2) is 0 Å². The average molecular weight is 761 g/mol. The summed E-state index contributed by atoms with van der Waals surface area (Å²) in [6.07, 6.45) is 58.0. The summed E-state index contributed by atoms with van der Waals surface area (Å²) in [4.78, 5) is 12.9. The number of hydrogen-bond donors (Lipinski definition) is 0. The molecule has 1 unspecified atom stereocenters. The molecule has 0 amide bonds. The molecule has 0 saturated carbocycles. The minimum Gasteiger partial charge on any atom is -0.465 e. The van der Waals surface area contributed by atoms with Crippen molar-refractivity contribution in [3.05, 3.63) is 0 Å². The van der Waals surface area contributed by atoms with Gasteiger partial charge in [-0.05, 0) is 31.1 Å². The molecule has 0 aliphatic carbocycles. The van der Waals surface area contributed by atoms with Gasteiger partial charge in [0.1, 0.15) is 0 Å². The standard InChI is InChI=1S/C52H104O2/c1-6-7-8-9-10-11-12-13-14-15-16-17-18-19-20-21-22-23-24-25-26-27-28-29-30-31-32-33-34-35-38-43-48-54-52(53)51(47-42-41-45-50(4)5)46-40-37-36-39-44-49(2)3/h49-51H,6-48H2,1-5H3. The molecule has 0 aromatic rings. The summed E-state index contributed by atoms with van der Waals surface area (Å²) in [6, 6.07) is 0. The number of carbonyl (C=O) groups excluding carboxylic acids is 1. The van der Waals surface area contributed by atoms with Gasteiger partial charge in [-0.3, -0.25) is 4.79 Å². The Kier molecular flexibility index (Phi) is 44.7. The number of hydrogen-bond acceptors (Lipinski definition) is 2. The Bertz CT molecular complexity index is 698. The van der Waals surface area contributed by atoms with Crippen LogP contribution in [-0.4, -0.2) is 12.6 Å². The zero-order valence-corrected chi connectivity index (χ0v) is 38.5. The van der Waals surface area contributed by atoms with Crippen molar-refractivity contribution in [3.8, 4) is 0 Å². The molecule has 0 aliphatic heterocycles. The van der Waals surface area contributed by atoms with E-state index in [0.29, 0.717) is 6.61 Å². The highest BCUT2D eigenvalue weighted by Crippen LogP contribution is 2.22. The van der Waals surface area contributed by atoms with E-state index >= 15 is 0 Å². The van der Waals surface area contributed by atoms with E-state index in [1.54, 1.807) is 0 Å². The largest absolute Gasteiger partial charge is 0.465 e. The van der Waals surface area contributed by atoms with Gasteiger partial charge in [0.25, 0.3) is 0 Å². The van der Waals surface area contributed by atoms with Crippen LogP contribution >= 0.6 is 0 Å². The van der Waals surface area contributed by atoms with E-state index in [2.05, 4.69) is 34.6 Å². The smallest absolute Gasteiger partial charge is 0.308 e. The third kappa shape index (κ3) is 44.2. The molecular weight excluding hydrogens is 657 g/mol. The van der Waals surface area contributed by atoms with Crippen LogP contribution in [0.25, 0.3) is 0 Å². The zero-order chi connectivity index (χ0) is 39.4. The summed E-state index contributed by atoms with van der Waals surface area (Å²) in [5.41, 5.74) is 0. The van der Waals surface area contributed by atoms with Crippen LogP contribution in [0.2, 0.25) is 0 Å². The van der Waals surface area contributed by atoms with Crippen LogP contribution in [0, 0.1) is 17.8 Å². The Labute approximate surface area is 343 Å².